The molecule has 0 saturated carbocycles. The van der Waals surface area contributed by atoms with Crippen molar-refractivity contribution in [1.29, 1.82) is 0 Å². The average Bonchev–Trinajstić information content (AvgIpc) is 2.83. The molecule has 200 valence electrons. The Kier molecular flexibility index (Phi) is 12.7. The highest BCUT2D eigenvalue weighted by Gasteiger charge is 2.24. The van der Waals surface area contributed by atoms with E-state index in [1.54, 1.807) is 60.3 Å². The minimum atomic E-state index is -0.949. The second kappa shape index (κ2) is 15.7. The van der Waals surface area contributed by atoms with Crippen LogP contribution in [-0.2, 0) is 19.2 Å². The predicted molar refractivity (Wildman–Crippen MR) is 141 cm³/mol. The number of rotatable bonds is 16. The van der Waals surface area contributed by atoms with Crippen LogP contribution in [0.2, 0.25) is 0 Å². The molecule has 2 atom stereocenters. The Morgan fingerprint density at radius 3 is 1.41 bits per heavy atom. The van der Waals surface area contributed by atoms with Crippen LogP contribution >= 0.6 is 11.8 Å². The highest BCUT2D eigenvalue weighted by atomic mass is 32.2. The van der Waals surface area contributed by atoms with Crippen LogP contribution in [0.25, 0.3) is 0 Å². The lowest BCUT2D eigenvalue weighted by Gasteiger charge is -2.16. The molecular weight excluding hydrogens is 496 g/mol. The van der Waals surface area contributed by atoms with Crippen LogP contribution in [0.1, 0.15) is 75.3 Å². The molecule has 0 saturated heterocycles. The van der Waals surface area contributed by atoms with Gasteiger partial charge in [0.25, 0.3) is 0 Å². The molecule has 0 amide bonds. The van der Waals surface area contributed by atoms with Crippen molar-refractivity contribution in [2.75, 3.05) is 11.5 Å². The molecular formula is C28H34O8S. The summed E-state index contributed by atoms with van der Waals surface area (Å²) in [4.78, 5) is 46.4. The summed E-state index contributed by atoms with van der Waals surface area (Å²) in [5.41, 5.74) is 1.00. The fourth-order valence-corrected chi connectivity index (χ4v) is 5.08. The molecule has 0 spiro atoms. The van der Waals surface area contributed by atoms with Gasteiger partial charge in [0, 0.05) is 25.0 Å². The van der Waals surface area contributed by atoms with Crippen LogP contribution < -0.4 is 9.47 Å². The number of carbonyl (C=O) groups excluding carboxylic acids is 2. The number of aliphatic carboxylic acids is 2. The molecule has 0 aromatic heterocycles. The predicted octanol–water partition coefficient (Wildman–Crippen LogP) is 5.65. The highest BCUT2D eigenvalue weighted by Crippen LogP contribution is 2.32. The molecule has 2 aromatic carbocycles. The van der Waals surface area contributed by atoms with Gasteiger partial charge in [-0.05, 0) is 49.3 Å². The van der Waals surface area contributed by atoms with Gasteiger partial charge >= 0.3 is 23.9 Å². The van der Waals surface area contributed by atoms with Crippen molar-refractivity contribution in [2.24, 2.45) is 0 Å². The summed E-state index contributed by atoms with van der Waals surface area (Å²) >= 11 is 1.75. The Hall–Kier alpha value is -3.33. The van der Waals surface area contributed by atoms with Crippen molar-refractivity contribution in [2.45, 2.75) is 64.2 Å². The minimum Gasteiger partial charge on any atom is -0.481 e. The third-order valence-corrected chi connectivity index (χ3v) is 6.91. The van der Waals surface area contributed by atoms with Crippen molar-refractivity contribution in [3.63, 3.8) is 0 Å². The van der Waals surface area contributed by atoms with E-state index in [2.05, 4.69) is 0 Å². The molecule has 0 radical (unpaired) electrons. The first-order valence-corrected chi connectivity index (χ1v) is 13.4. The van der Waals surface area contributed by atoms with Gasteiger partial charge in [0.2, 0.25) is 0 Å². The van der Waals surface area contributed by atoms with Crippen LogP contribution in [-0.4, -0.2) is 45.6 Å². The maximum Gasteiger partial charge on any atom is 0.311 e. The standard InChI is InChI=1S/C28H34O8S/c1-19(29)35-25-15-5-3-11-21(25)23(27(31)32)13-7-9-17-37-18-10-8-14-24(28(33)34)22-12-4-6-16-26(22)36-20(2)30/h3-6,11-12,15-16,23-24H,7-10,13-14,17-18H2,1-2H3,(H,31,32)(H,33,34). The number of hydrogen-bond donors (Lipinski definition) is 2. The fraction of sp³-hybridized carbons (Fsp3) is 0.429. The Bertz CT molecular complexity index is 984. The maximum absolute atomic E-state index is 11.8. The Labute approximate surface area is 221 Å². The molecule has 0 aliphatic rings. The first-order chi connectivity index (χ1) is 17.7. The van der Waals surface area contributed by atoms with Gasteiger partial charge in [-0.1, -0.05) is 49.2 Å². The van der Waals surface area contributed by atoms with Crippen LogP contribution in [0.3, 0.4) is 0 Å². The molecule has 2 N–H and O–H groups in total. The van der Waals surface area contributed by atoms with Crippen LogP contribution in [0.15, 0.2) is 48.5 Å². The average molecular weight is 531 g/mol. The molecule has 9 heteroatoms. The summed E-state index contributed by atoms with van der Waals surface area (Å²) < 4.78 is 10.4. The topological polar surface area (TPSA) is 127 Å². The van der Waals surface area contributed by atoms with Gasteiger partial charge in [0.1, 0.15) is 11.5 Å². The first kappa shape index (κ1) is 29.9. The second-order valence-corrected chi connectivity index (χ2v) is 9.87. The number of unbranched alkanes of at least 4 members (excludes halogenated alkanes) is 2. The molecule has 0 aliphatic carbocycles. The summed E-state index contributed by atoms with van der Waals surface area (Å²) in [6.45, 7) is 2.57. The van der Waals surface area contributed by atoms with E-state index < -0.39 is 35.7 Å². The normalized spacial score (nSPS) is 12.4. The zero-order chi connectivity index (χ0) is 27.2. The van der Waals surface area contributed by atoms with E-state index in [1.807, 2.05) is 0 Å². The quantitative estimate of drug-likeness (QED) is 0.161. The van der Waals surface area contributed by atoms with Gasteiger partial charge in [-0.15, -0.1) is 0 Å². The lowest BCUT2D eigenvalue weighted by atomic mass is 9.93. The number of thioether (sulfide) groups is 1. The third-order valence-electron chi connectivity index (χ3n) is 5.76. The molecule has 2 rings (SSSR count). The van der Waals surface area contributed by atoms with Gasteiger partial charge in [0.15, 0.2) is 0 Å². The number of para-hydroxylation sites is 2. The van der Waals surface area contributed by atoms with Gasteiger partial charge < -0.3 is 19.7 Å². The van der Waals surface area contributed by atoms with E-state index in [0.29, 0.717) is 36.8 Å². The summed E-state index contributed by atoms with van der Waals surface area (Å²) in [7, 11) is 0. The monoisotopic (exact) mass is 530 g/mol. The Morgan fingerprint density at radius 2 is 1.05 bits per heavy atom. The first-order valence-electron chi connectivity index (χ1n) is 12.3. The second-order valence-electron chi connectivity index (χ2n) is 8.65. The number of esters is 2. The number of ether oxygens (including phenoxy) is 2. The van der Waals surface area contributed by atoms with E-state index in [1.165, 1.54) is 13.8 Å². The van der Waals surface area contributed by atoms with Crippen molar-refractivity contribution >= 4 is 35.6 Å². The minimum absolute atomic E-state index is 0.284. The van der Waals surface area contributed by atoms with Gasteiger partial charge in [-0.2, -0.15) is 11.8 Å². The zero-order valence-electron chi connectivity index (χ0n) is 21.2. The summed E-state index contributed by atoms with van der Waals surface area (Å²) in [6.07, 6.45) is 4.00. The van der Waals surface area contributed by atoms with Gasteiger partial charge in [-0.3, -0.25) is 19.2 Å². The van der Waals surface area contributed by atoms with Gasteiger partial charge in [-0.25, -0.2) is 0 Å². The van der Waals surface area contributed by atoms with Crippen molar-refractivity contribution in [1.82, 2.24) is 0 Å². The van der Waals surface area contributed by atoms with Crippen molar-refractivity contribution < 1.29 is 38.9 Å². The number of carboxylic acid groups (broad SMARTS) is 2. The van der Waals surface area contributed by atoms with E-state index >= 15 is 0 Å². The smallest absolute Gasteiger partial charge is 0.311 e. The maximum atomic E-state index is 11.8. The number of benzene rings is 2. The van der Waals surface area contributed by atoms with E-state index in [0.717, 1.165) is 24.3 Å². The molecule has 2 aromatic rings. The molecule has 0 heterocycles. The largest absolute Gasteiger partial charge is 0.481 e. The molecule has 8 nitrogen and oxygen atoms in total. The van der Waals surface area contributed by atoms with Crippen molar-refractivity contribution in [3.8, 4) is 11.5 Å². The van der Waals surface area contributed by atoms with Crippen LogP contribution in [0, 0.1) is 0 Å². The van der Waals surface area contributed by atoms with E-state index in [4.69, 9.17) is 9.47 Å². The lowest BCUT2D eigenvalue weighted by Crippen LogP contribution is -2.14. The SMILES string of the molecule is CC(=O)Oc1ccccc1C(CCCCSCCCCC(C(=O)O)c1ccccc1OC(C)=O)C(=O)O. The van der Waals surface area contributed by atoms with E-state index in [-0.39, 0.29) is 11.5 Å². The molecule has 2 unspecified atom stereocenters. The zero-order valence-corrected chi connectivity index (χ0v) is 22.0. The lowest BCUT2D eigenvalue weighted by molar-refractivity contribution is -0.140. The van der Waals surface area contributed by atoms with Crippen molar-refractivity contribution in [3.05, 3.63) is 59.7 Å². The van der Waals surface area contributed by atoms with E-state index in [9.17, 15) is 29.4 Å². The Morgan fingerprint density at radius 1 is 0.676 bits per heavy atom. The molecule has 0 fully saturated rings. The summed E-state index contributed by atoms with van der Waals surface area (Å²) in [5, 5.41) is 19.4. The van der Waals surface area contributed by atoms with Crippen LogP contribution in [0.5, 0.6) is 11.5 Å². The van der Waals surface area contributed by atoms with Gasteiger partial charge in [0.05, 0.1) is 11.8 Å². The molecule has 0 aliphatic heterocycles. The molecule has 0 bridgehead atoms. The van der Waals surface area contributed by atoms with Crippen LogP contribution in [0.4, 0.5) is 0 Å². The molecule has 37 heavy (non-hydrogen) atoms. The summed E-state index contributed by atoms with van der Waals surface area (Å²) in [6, 6.07) is 13.4. The number of carboxylic acids is 2. The number of carbonyl (C=O) groups is 4. The third kappa shape index (κ3) is 10.3. The fourth-order valence-electron chi connectivity index (χ4n) is 4.06. The summed E-state index contributed by atoms with van der Waals surface area (Å²) in [5.74, 6) is -2.06. The highest BCUT2D eigenvalue weighted by molar-refractivity contribution is 7.99. The Balaban J connectivity index is 1.74. The number of hydrogen-bond acceptors (Lipinski definition) is 7.